The molecule has 2 aromatic carbocycles. The van der Waals surface area contributed by atoms with E-state index in [2.05, 4.69) is 127 Å². The van der Waals surface area contributed by atoms with Crippen molar-refractivity contribution >= 4 is 13.9 Å². The van der Waals surface area contributed by atoms with Crippen LogP contribution >= 0.6 is 0 Å². The van der Waals surface area contributed by atoms with Gasteiger partial charge in [0.25, 0.3) is 0 Å². The minimum Gasteiger partial charge on any atom is -0.492 e. The molecule has 0 saturated heterocycles. The van der Waals surface area contributed by atoms with Crippen molar-refractivity contribution in [1.82, 2.24) is 0 Å². The minimum atomic E-state index is -1.71. The summed E-state index contributed by atoms with van der Waals surface area (Å²) in [6, 6.07) is 21.9. The highest BCUT2D eigenvalue weighted by Crippen LogP contribution is 2.38. The van der Waals surface area contributed by atoms with Crippen LogP contribution in [0, 0.1) is 5.92 Å². The molecule has 236 valence electrons. The van der Waals surface area contributed by atoms with E-state index < -0.39 is 8.32 Å². The standard InChI is InChI=1S/C38H56O4Si/c1-8-31(2)29-35(32-15-11-9-12-16-32)30-37(33-17-13-10-14-18-33)34-19-21-36(22-20-34)41-27-25-39-23-24-40-26-28-42-43(6,7)38(3,4)5/h9-19,21-22,31,35H,8,20,23-30H2,1-7H3. The van der Waals surface area contributed by atoms with E-state index in [1.165, 1.54) is 35.1 Å². The normalized spacial score (nSPS) is 16.5. The average Bonchev–Trinajstić information content (AvgIpc) is 3.00. The number of allylic oxidation sites excluding steroid dienone is 5. The maximum atomic E-state index is 6.15. The van der Waals surface area contributed by atoms with E-state index >= 15 is 0 Å². The summed E-state index contributed by atoms with van der Waals surface area (Å²) in [7, 11) is -1.71. The summed E-state index contributed by atoms with van der Waals surface area (Å²) in [4.78, 5) is 0. The van der Waals surface area contributed by atoms with E-state index in [0.717, 1.165) is 18.6 Å². The van der Waals surface area contributed by atoms with Gasteiger partial charge < -0.3 is 18.6 Å². The Bertz CT molecular complexity index is 1160. The molecule has 4 nitrogen and oxygen atoms in total. The molecule has 2 atom stereocenters. The van der Waals surface area contributed by atoms with Gasteiger partial charge in [0, 0.05) is 0 Å². The first-order valence-corrected chi connectivity index (χ1v) is 19.1. The summed E-state index contributed by atoms with van der Waals surface area (Å²) < 4.78 is 23.6. The van der Waals surface area contributed by atoms with Gasteiger partial charge >= 0.3 is 0 Å². The summed E-state index contributed by atoms with van der Waals surface area (Å²) >= 11 is 0. The van der Waals surface area contributed by atoms with Gasteiger partial charge in [-0.15, -0.1) is 0 Å². The lowest BCUT2D eigenvalue weighted by Gasteiger charge is -2.36. The van der Waals surface area contributed by atoms with Crippen LogP contribution in [0.5, 0.6) is 0 Å². The molecule has 0 aromatic heterocycles. The van der Waals surface area contributed by atoms with Crippen molar-refractivity contribution < 1.29 is 18.6 Å². The van der Waals surface area contributed by atoms with Crippen LogP contribution in [-0.2, 0) is 18.6 Å². The topological polar surface area (TPSA) is 36.9 Å². The lowest BCUT2D eigenvalue weighted by Crippen LogP contribution is -2.41. The quantitative estimate of drug-likeness (QED) is 0.125. The second-order valence-electron chi connectivity index (χ2n) is 13.3. The van der Waals surface area contributed by atoms with Crippen molar-refractivity contribution in [3.8, 4) is 0 Å². The number of hydrogen-bond donors (Lipinski definition) is 0. The second kappa shape index (κ2) is 17.8. The van der Waals surface area contributed by atoms with Gasteiger partial charge in [-0.25, -0.2) is 0 Å². The summed E-state index contributed by atoms with van der Waals surface area (Å²) in [5.41, 5.74) is 5.55. The summed E-state index contributed by atoms with van der Waals surface area (Å²) in [6.45, 7) is 19.4. The number of benzene rings is 2. The molecule has 1 aliphatic carbocycles. The highest BCUT2D eigenvalue weighted by atomic mass is 28.4. The monoisotopic (exact) mass is 604 g/mol. The van der Waals surface area contributed by atoms with Gasteiger partial charge in [0.1, 0.15) is 12.4 Å². The van der Waals surface area contributed by atoms with Crippen molar-refractivity contribution in [2.75, 3.05) is 39.6 Å². The molecule has 43 heavy (non-hydrogen) atoms. The number of hydrogen-bond acceptors (Lipinski definition) is 4. The molecule has 0 aliphatic heterocycles. The van der Waals surface area contributed by atoms with E-state index in [1.807, 2.05) is 0 Å². The summed E-state index contributed by atoms with van der Waals surface area (Å²) in [6.07, 6.45) is 10.9. The maximum Gasteiger partial charge on any atom is 0.192 e. The minimum absolute atomic E-state index is 0.222. The third kappa shape index (κ3) is 11.9. The molecule has 0 spiro atoms. The van der Waals surface area contributed by atoms with Gasteiger partial charge in [0.05, 0.1) is 33.0 Å². The molecule has 0 fully saturated rings. The van der Waals surface area contributed by atoms with Gasteiger partial charge in [-0.3, -0.25) is 0 Å². The fourth-order valence-corrected chi connectivity index (χ4v) is 6.03. The van der Waals surface area contributed by atoms with Crippen LogP contribution in [0.25, 0.3) is 5.57 Å². The van der Waals surface area contributed by atoms with Gasteiger partial charge in [0.2, 0.25) is 0 Å². The molecule has 0 N–H and O–H groups in total. The van der Waals surface area contributed by atoms with Gasteiger partial charge in [0.15, 0.2) is 8.32 Å². The van der Waals surface area contributed by atoms with Crippen LogP contribution in [0.1, 0.15) is 77.3 Å². The zero-order valence-corrected chi connectivity index (χ0v) is 28.9. The molecule has 0 amide bonds. The van der Waals surface area contributed by atoms with E-state index in [4.69, 9.17) is 18.6 Å². The van der Waals surface area contributed by atoms with Crippen LogP contribution in [0.2, 0.25) is 18.1 Å². The Kier molecular flexibility index (Phi) is 14.5. The highest BCUT2D eigenvalue weighted by Gasteiger charge is 2.36. The maximum absolute atomic E-state index is 6.15. The van der Waals surface area contributed by atoms with Crippen molar-refractivity contribution in [1.29, 1.82) is 0 Å². The van der Waals surface area contributed by atoms with E-state index in [1.54, 1.807) is 0 Å². The molecule has 0 radical (unpaired) electrons. The molecule has 3 rings (SSSR count). The average molecular weight is 605 g/mol. The highest BCUT2D eigenvalue weighted by molar-refractivity contribution is 6.74. The smallest absolute Gasteiger partial charge is 0.192 e. The molecule has 5 heteroatoms. The van der Waals surface area contributed by atoms with Crippen molar-refractivity contribution in [3.05, 3.63) is 101 Å². The zero-order valence-electron chi connectivity index (χ0n) is 27.9. The molecular formula is C38H56O4Si. The predicted octanol–water partition coefficient (Wildman–Crippen LogP) is 9.97. The fraction of sp³-hybridized carbons (Fsp3) is 0.526. The zero-order chi connectivity index (χ0) is 31.1. The van der Waals surface area contributed by atoms with Crippen LogP contribution in [-0.4, -0.2) is 48.0 Å². The number of rotatable bonds is 18. The second-order valence-corrected chi connectivity index (χ2v) is 18.1. The molecule has 2 unspecified atom stereocenters. The van der Waals surface area contributed by atoms with Gasteiger partial charge in [-0.1, -0.05) is 108 Å². The molecule has 2 aromatic rings. The molecule has 0 heterocycles. The van der Waals surface area contributed by atoms with Crippen molar-refractivity contribution in [3.63, 3.8) is 0 Å². The van der Waals surface area contributed by atoms with Gasteiger partial charge in [-0.2, -0.15) is 0 Å². The first kappa shape index (κ1) is 35.0. The lowest BCUT2D eigenvalue weighted by molar-refractivity contribution is 0.0195. The molecule has 0 saturated carbocycles. The number of ether oxygens (including phenoxy) is 3. The summed E-state index contributed by atoms with van der Waals surface area (Å²) in [5.74, 6) is 2.09. The van der Waals surface area contributed by atoms with Crippen LogP contribution < -0.4 is 0 Å². The largest absolute Gasteiger partial charge is 0.492 e. The van der Waals surface area contributed by atoms with Crippen LogP contribution in [0.15, 0.2) is 90.2 Å². The van der Waals surface area contributed by atoms with Gasteiger partial charge in [-0.05, 0) is 83.7 Å². The van der Waals surface area contributed by atoms with Crippen molar-refractivity contribution in [2.24, 2.45) is 5.92 Å². The molecule has 1 aliphatic rings. The summed E-state index contributed by atoms with van der Waals surface area (Å²) in [5, 5.41) is 0.222. The third-order valence-corrected chi connectivity index (χ3v) is 13.5. The first-order chi connectivity index (χ1) is 20.6. The Labute approximate surface area is 263 Å². The van der Waals surface area contributed by atoms with E-state index in [9.17, 15) is 0 Å². The Morgan fingerprint density at radius 2 is 1.42 bits per heavy atom. The Balaban J connectivity index is 1.48. The SMILES string of the molecule is CCC(C)CC(CC(=C1C=CC(OCCOCCOCCO[Si](C)(C)C(C)(C)C)=CC1)c1ccccc1)c1ccccc1. The first-order valence-electron chi connectivity index (χ1n) is 16.2. The third-order valence-electron chi connectivity index (χ3n) is 8.95. The molecule has 0 bridgehead atoms. The lowest BCUT2D eigenvalue weighted by atomic mass is 9.80. The van der Waals surface area contributed by atoms with E-state index in [0.29, 0.717) is 51.5 Å². The molecular weight excluding hydrogens is 549 g/mol. The Morgan fingerprint density at radius 3 is 2.00 bits per heavy atom. The Hall–Kier alpha value is -2.44. The van der Waals surface area contributed by atoms with Crippen molar-refractivity contribution in [2.45, 2.75) is 84.4 Å². The van der Waals surface area contributed by atoms with Crippen LogP contribution in [0.3, 0.4) is 0 Å². The Morgan fingerprint density at radius 1 is 0.814 bits per heavy atom. The van der Waals surface area contributed by atoms with Crippen LogP contribution in [0.4, 0.5) is 0 Å². The fourth-order valence-electron chi connectivity index (χ4n) is 5.01. The van der Waals surface area contributed by atoms with E-state index in [-0.39, 0.29) is 5.04 Å². The predicted molar refractivity (Wildman–Crippen MR) is 184 cm³/mol.